The summed E-state index contributed by atoms with van der Waals surface area (Å²) in [5.74, 6) is -1.06. The molecule has 2 aliphatic heterocycles. The number of nitrogens with zero attached hydrogens (tertiary/aromatic N) is 3. The third-order valence-corrected chi connectivity index (χ3v) is 7.42. The van der Waals surface area contributed by atoms with Crippen LogP contribution in [0.15, 0.2) is 23.1 Å². The molecule has 1 atom stereocenters. The molecule has 11 heteroatoms. The molecule has 4 rings (SSSR count). The fourth-order valence-electron chi connectivity index (χ4n) is 4.13. The minimum Gasteiger partial charge on any atom is -0.322 e. The highest BCUT2D eigenvalue weighted by atomic mass is 32.2. The monoisotopic (exact) mass is 445 g/mol. The first-order valence-corrected chi connectivity index (χ1v) is 11.3. The number of hydrogen-bond acceptors (Lipinski definition) is 6. The summed E-state index contributed by atoms with van der Waals surface area (Å²) < 4.78 is 29.7. The zero-order chi connectivity index (χ0) is 22.5. The number of fused-ring (bicyclic) bond motifs is 1. The molecular weight excluding hydrogens is 422 g/mol. The zero-order valence-corrected chi connectivity index (χ0v) is 18.2. The number of carbonyl (C=O) groups is 3. The molecular formula is C20H23N5O5S. The Bertz CT molecular complexity index is 1220. The SMILES string of the molecule is Cc1nn(C)c(C)c1S(=O)(=O)NCc1ccc2c(c1)CN(C1CCC(=O)NC1=O)C2=O. The Kier molecular flexibility index (Phi) is 5.18. The Morgan fingerprint density at radius 1 is 1.23 bits per heavy atom. The van der Waals surface area contributed by atoms with Crippen LogP contribution in [0.1, 0.15) is 45.7 Å². The second-order valence-corrected chi connectivity index (χ2v) is 9.54. The van der Waals surface area contributed by atoms with Gasteiger partial charge in [0.15, 0.2) is 0 Å². The van der Waals surface area contributed by atoms with Crippen LogP contribution in [0.25, 0.3) is 0 Å². The molecule has 10 nitrogen and oxygen atoms in total. The first-order valence-electron chi connectivity index (χ1n) is 9.85. The number of aromatic nitrogens is 2. The smallest absolute Gasteiger partial charge is 0.255 e. The maximum Gasteiger partial charge on any atom is 0.255 e. The van der Waals surface area contributed by atoms with E-state index in [1.807, 2.05) is 0 Å². The van der Waals surface area contributed by atoms with Crippen LogP contribution in [0.3, 0.4) is 0 Å². The van der Waals surface area contributed by atoms with Gasteiger partial charge in [0.1, 0.15) is 10.9 Å². The molecule has 0 spiro atoms. The van der Waals surface area contributed by atoms with E-state index < -0.39 is 22.0 Å². The fourth-order valence-corrected chi connectivity index (χ4v) is 5.58. The number of nitrogens with one attached hydrogen (secondary N) is 2. The molecule has 3 amide bonds. The van der Waals surface area contributed by atoms with Crippen molar-refractivity contribution in [3.63, 3.8) is 0 Å². The van der Waals surface area contributed by atoms with E-state index in [0.29, 0.717) is 28.9 Å². The van der Waals surface area contributed by atoms with Gasteiger partial charge in [0.2, 0.25) is 21.8 Å². The number of sulfonamides is 1. The molecule has 2 N–H and O–H groups in total. The molecule has 0 saturated carbocycles. The Morgan fingerprint density at radius 3 is 2.61 bits per heavy atom. The molecule has 2 aliphatic rings. The molecule has 0 aliphatic carbocycles. The number of amides is 3. The van der Waals surface area contributed by atoms with Gasteiger partial charge in [0, 0.05) is 32.1 Å². The summed E-state index contributed by atoms with van der Waals surface area (Å²) in [5.41, 5.74) is 2.87. The summed E-state index contributed by atoms with van der Waals surface area (Å²) in [6, 6.07) is 4.42. The number of rotatable bonds is 5. The zero-order valence-electron chi connectivity index (χ0n) is 17.4. The number of aryl methyl sites for hydroxylation is 2. The second kappa shape index (κ2) is 7.57. The highest BCUT2D eigenvalue weighted by Gasteiger charge is 2.39. The average Bonchev–Trinajstić information content (AvgIpc) is 3.15. The van der Waals surface area contributed by atoms with E-state index in [1.54, 1.807) is 39.1 Å². The van der Waals surface area contributed by atoms with E-state index in [4.69, 9.17) is 0 Å². The number of benzene rings is 1. The summed E-state index contributed by atoms with van der Waals surface area (Å²) in [6.45, 7) is 3.63. The molecule has 1 saturated heterocycles. The number of imide groups is 1. The van der Waals surface area contributed by atoms with Crippen molar-refractivity contribution in [3.05, 3.63) is 46.3 Å². The van der Waals surface area contributed by atoms with E-state index in [9.17, 15) is 22.8 Å². The van der Waals surface area contributed by atoms with Gasteiger partial charge in [-0.05, 0) is 37.5 Å². The highest BCUT2D eigenvalue weighted by molar-refractivity contribution is 7.89. The lowest BCUT2D eigenvalue weighted by atomic mass is 10.0. The van der Waals surface area contributed by atoms with Crippen LogP contribution in [-0.4, -0.2) is 46.9 Å². The van der Waals surface area contributed by atoms with Crippen molar-refractivity contribution < 1.29 is 22.8 Å². The Hall–Kier alpha value is -3.05. The average molecular weight is 446 g/mol. The molecule has 3 heterocycles. The summed E-state index contributed by atoms with van der Waals surface area (Å²) in [7, 11) is -2.07. The number of carbonyl (C=O) groups excluding carboxylic acids is 3. The molecule has 164 valence electrons. The van der Waals surface area contributed by atoms with Gasteiger partial charge in [-0.25, -0.2) is 13.1 Å². The molecule has 1 aromatic heterocycles. The van der Waals surface area contributed by atoms with Gasteiger partial charge in [0.05, 0.1) is 11.4 Å². The van der Waals surface area contributed by atoms with Crippen molar-refractivity contribution in [2.24, 2.45) is 7.05 Å². The first kappa shape index (κ1) is 21.2. The predicted octanol–water partition coefficient (Wildman–Crippen LogP) is 0.276. The van der Waals surface area contributed by atoms with Crippen LogP contribution in [0, 0.1) is 13.8 Å². The molecule has 0 radical (unpaired) electrons. The van der Waals surface area contributed by atoms with Crippen molar-refractivity contribution >= 4 is 27.7 Å². The van der Waals surface area contributed by atoms with E-state index in [1.165, 1.54) is 9.58 Å². The Labute approximate surface area is 179 Å². The van der Waals surface area contributed by atoms with Gasteiger partial charge in [-0.3, -0.25) is 24.4 Å². The summed E-state index contributed by atoms with van der Waals surface area (Å²) >= 11 is 0. The van der Waals surface area contributed by atoms with Gasteiger partial charge in [-0.2, -0.15) is 5.10 Å². The third kappa shape index (κ3) is 3.74. The lowest BCUT2D eigenvalue weighted by Crippen LogP contribution is -2.52. The van der Waals surface area contributed by atoms with Crippen molar-refractivity contribution in [2.75, 3.05) is 0 Å². The highest BCUT2D eigenvalue weighted by Crippen LogP contribution is 2.28. The van der Waals surface area contributed by atoms with Crippen LogP contribution < -0.4 is 10.0 Å². The van der Waals surface area contributed by atoms with Crippen molar-refractivity contribution in [3.8, 4) is 0 Å². The molecule has 31 heavy (non-hydrogen) atoms. The van der Waals surface area contributed by atoms with Gasteiger partial charge in [-0.15, -0.1) is 0 Å². The van der Waals surface area contributed by atoms with Crippen LogP contribution >= 0.6 is 0 Å². The third-order valence-electron chi connectivity index (χ3n) is 5.77. The van der Waals surface area contributed by atoms with Crippen molar-refractivity contribution in [2.45, 2.75) is 50.7 Å². The molecule has 1 fully saturated rings. The summed E-state index contributed by atoms with van der Waals surface area (Å²) in [6.07, 6.45) is 0.484. The van der Waals surface area contributed by atoms with E-state index in [0.717, 1.165) is 5.56 Å². The second-order valence-electron chi connectivity index (χ2n) is 7.84. The first-order chi connectivity index (χ1) is 14.6. The van der Waals surface area contributed by atoms with Gasteiger partial charge >= 0.3 is 0 Å². The number of hydrogen-bond donors (Lipinski definition) is 2. The molecule has 0 bridgehead atoms. The molecule has 1 unspecified atom stereocenters. The molecule has 1 aromatic carbocycles. The van der Waals surface area contributed by atoms with Gasteiger partial charge < -0.3 is 4.90 Å². The van der Waals surface area contributed by atoms with Crippen LogP contribution in [0.2, 0.25) is 0 Å². The van der Waals surface area contributed by atoms with Gasteiger partial charge in [-0.1, -0.05) is 12.1 Å². The topological polar surface area (TPSA) is 130 Å². The molecule has 2 aromatic rings. The lowest BCUT2D eigenvalue weighted by Gasteiger charge is -2.29. The Balaban J connectivity index is 1.50. The van der Waals surface area contributed by atoms with Crippen LogP contribution in [0.4, 0.5) is 0 Å². The van der Waals surface area contributed by atoms with Gasteiger partial charge in [0.25, 0.3) is 5.91 Å². The summed E-state index contributed by atoms with van der Waals surface area (Å²) in [5, 5.41) is 6.42. The van der Waals surface area contributed by atoms with Crippen LogP contribution in [-0.2, 0) is 39.7 Å². The predicted molar refractivity (Wildman–Crippen MR) is 109 cm³/mol. The van der Waals surface area contributed by atoms with Crippen LogP contribution in [0.5, 0.6) is 0 Å². The minimum atomic E-state index is -3.76. The lowest BCUT2D eigenvalue weighted by molar-refractivity contribution is -0.136. The number of piperidine rings is 1. The van der Waals surface area contributed by atoms with Crippen molar-refractivity contribution in [1.29, 1.82) is 0 Å². The van der Waals surface area contributed by atoms with E-state index in [2.05, 4.69) is 15.1 Å². The minimum absolute atomic E-state index is 0.0516. The quantitative estimate of drug-likeness (QED) is 0.636. The summed E-state index contributed by atoms with van der Waals surface area (Å²) in [4.78, 5) is 37.9. The Morgan fingerprint density at radius 2 is 1.97 bits per heavy atom. The standard InChI is InChI=1S/C20H23N5O5S/c1-11-18(12(2)24(3)23-11)31(29,30)21-9-13-4-5-15-14(8-13)10-25(20(15)28)16-6-7-17(26)22-19(16)27/h4-5,8,16,21H,6-7,9-10H2,1-3H3,(H,22,26,27). The maximum absolute atomic E-state index is 12.8. The largest absolute Gasteiger partial charge is 0.322 e. The maximum atomic E-state index is 12.8. The van der Waals surface area contributed by atoms with E-state index >= 15 is 0 Å². The fraction of sp³-hybridized carbons (Fsp3) is 0.400. The van der Waals surface area contributed by atoms with E-state index in [-0.39, 0.29) is 36.2 Å². The normalized spacial score (nSPS) is 19.0. The van der Waals surface area contributed by atoms with Crippen molar-refractivity contribution in [1.82, 2.24) is 24.7 Å².